The fraction of sp³-hybridized carbons (Fsp3) is 0.120. The van der Waals surface area contributed by atoms with Crippen molar-refractivity contribution in [3.63, 3.8) is 0 Å². The first kappa shape index (κ1) is 19.5. The first-order valence-corrected chi connectivity index (χ1v) is 9.76. The van der Waals surface area contributed by atoms with Gasteiger partial charge in [0.05, 0.1) is 6.04 Å². The van der Waals surface area contributed by atoms with Gasteiger partial charge in [-0.25, -0.2) is 4.98 Å². The van der Waals surface area contributed by atoms with Crippen LogP contribution in [0.25, 0.3) is 10.9 Å². The van der Waals surface area contributed by atoms with Gasteiger partial charge in [0, 0.05) is 22.8 Å². The molecule has 0 saturated carbocycles. The molecule has 4 aromatic rings. The normalized spacial score (nSPS) is 11.8. The van der Waals surface area contributed by atoms with Crippen LogP contribution in [0.5, 0.6) is 11.5 Å². The predicted molar refractivity (Wildman–Crippen MR) is 120 cm³/mol. The van der Waals surface area contributed by atoms with Crippen molar-refractivity contribution in [3.05, 3.63) is 102 Å². The highest BCUT2D eigenvalue weighted by molar-refractivity contribution is 5.86. The maximum Gasteiger partial charge on any atom is 0.147 e. The summed E-state index contributed by atoms with van der Waals surface area (Å²) in [5, 5.41) is 15.4. The Labute approximate surface area is 175 Å². The number of anilines is 1. The van der Waals surface area contributed by atoms with Crippen molar-refractivity contribution in [3.8, 4) is 11.5 Å². The van der Waals surface area contributed by atoms with Crippen LogP contribution in [0, 0.1) is 6.92 Å². The number of aromatic hydroxyl groups is 1. The zero-order valence-corrected chi connectivity index (χ0v) is 16.7. The lowest BCUT2D eigenvalue weighted by molar-refractivity contribution is 0.362. The molecule has 2 aromatic heterocycles. The molecule has 0 aliphatic rings. The lowest BCUT2D eigenvalue weighted by atomic mass is 9.96. The minimum Gasteiger partial charge on any atom is -0.505 e. The fourth-order valence-electron chi connectivity index (χ4n) is 3.43. The minimum absolute atomic E-state index is 0.149. The summed E-state index contributed by atoms with van der Waals surface area (Å²) in [6.07, 6.45) is 3.39. The van der Waals surface area contributed by atoms with Gasteiger partial charge in [-0.2, -0.15) is 0 Å². The summed E-state index contributed by atoms with van der Waals surface area (Å²) in [4.78, 5) is 8.94. The Morgan fingerprint density at radius 1 is 1.10 bits per heavy atom. The number of nitrogens with one attached hydrogen (secondary N) is 1. The van der Waals surface area contributed by atoms with Crippen LogP contribution in [0.15, 0.2) is 85.6 Å². The Morgan fingerprint density at radius 3 is 2.80 bits per heavy atom. The molecule has 4 rings (SSSR count). The first-order valence-electron chi connectivity index (χ1n) is 9.76. The van der Waals surface area contributed by atoms with E-state index in [2.05, 4.69) is 21.9 Å². The fourth-order valence-corrected chi connectivity index (χ4v) is 3.43. The van der Waals surface area contributed by atoms with E-state index in [0.717, 1.165) is 28.2 Å². The molecule has 0 spiro atoms. The number of ether oxygens (including phenoxy) is 1. The smallest absolute Gasteiger partial charge is 0.147 e. The molecule has 2 heterocycles. The van der Waals surface area contributed by atoms with E-state index in [-0.39, 0.29) is 11.8 Å². The standard InChI is InChI=1S/C25H23N3O2/c1-3-15-30-20-10-5-8-19(16-20)23(28-22-11-4-7-17(2)27-22)21-13-12-18-9-6-14-26-24(18)25(21)29/h3-14,16,23,29H,1,15H2,2H3,(H,27,28). The number of benzene rings is 2. The molecular weight excluding hydrogens is 374 g/mol. The number of aryl methyl sites for hydroxylation is 1. The molecule has 1 atom stereocenters. The summed E-state index contributed by atoms with van der Waals surface area (Å²) in [5.41, 5.74) is 3.13. The highest BCUT2D eigenvalue weighted by atomic mass is 16.5. The van der Waals surface area contributed by atoms with E-state index in [4.69, 9.17) is 4.74 Å². The Bertz CT molecular complexity index is 1190. The van der Waals surface area contributed by atoms with Crippen LogP contribution in [0.3, 0.4) is 0 Å². The van der Waals surface area contributed by atoms with Gasteiger partial charge in [-0.05, 0) is 42.8 Å². The summed E-state index contributed by atoms with van der Waals surface area (Å²) in [7, 11) is 0. The summed E-state index contributed by atoms with van der Waals surface area (Å²) >= 11 is 0. The molecule has 5 nitrogen and oxygen atoms in total. The van der Waals surface area contributed by atoms with Crippen molar-refractivity contribution >= 4 is 16.7 Å². The molecule has 2 N–H and O–H groups in total. The van der Waals surface area contributed by atoms with E-state index in [1.54, 1.807) is 12.3 Å². The van der Waals surface area contributed by atoms with E-state index in [9.17, 15) is 5.11 Å². The quantitative estimate of drug-likeness (QED) is 0.408. The van der Waals surface area contributed by atoms with Gasteiger partial charge in [-0.3, -0.25) is 4.98 Å². The number of hydrogen-bond acceptors (Lipinski definition) is 5. The highest BCUT2D eigenvalue weighted by Crippen LogP contribution is 2.37. The van der Waals surface area contributed by atoms with Crippen LogP contribution in [0.1, 0.15) is 22.9 Å². The number of pyridine rings is 2. The van der Waals surface area contributed by atoms with Crippen LogP contribution >= 0.6 is 0 Å². The van der Waals surface area contributed by atoms with E-state index in [0.29, 0.717) is 17.7 Å². The zero-order valence-electron chi connectivity index (χ0n) is 16.7. The van der Waals surface area contributed by atoms with Crippen molar-refractivity contribution < 1.29 is 9.84 Å². The Balaban J connectivity index is 1.82. The molecule has 0 saturated heterocycles. The number of hydrogen-bond donors (Lipinski definition) is 2. The molecule has 150 valence electrons. The third-order valence-electron chi connectivity index (χ3n) is 4.83. The Hall–Kier alpha value is -3.86. The Morgan fingerprint density at radius 2 is 1.97 bits per heavy atom. The van der Waals surface area contributed by atoms with Gasteiger partial charge in [0.25, 0.3) is 0 Å². The number of nitrogens with zero attached hydrogens (tertiary/aromatic N) is 2. The average Bonchev–Trinajstić information content (AvgIpc) is 2.77. The third-order valence-corrected chi connectivity index (χ3v) is 4.83. The van der Waals surface area contributed by atoms with Crippen molar-refractivity contribution in [1.82, 2.24) is 9.97 Å². The van der Waals surface area contributed by atoms with Crippen molar-refractivity contribution in [2.75, 3.05) is 11.9 Å². The molecule has 2 aromatic carbocycles. The van der Waals surface area contributed by atoms with Gasteiger partial charge in [-0.15, -0.1) is 0 Å². The molecule has 0 aliphatic carbocycles. The first-order chi connectivity index (χ1) is 14.7. The van der Waals surface area contributed by atoms with Gasteiger partial charge in [-0.1, -0.05) is 49.1 Å². The second kappa shape index (κ2) is 8.66. The molecule has 0 bridgehead atoms. The van der Waals surface area contributed by atoms with Crippen LogP contribution in [0.4, 0.5) is 5.82 Å². The maximum absolute atomic E-state index is 11.1. The molecule has 0 amide bonds. The van der Waals surface area contributed by atoms with Gasteiger partial charge >= 0.3 is 0 Å². The van der Waals surface area contributed by atoms with Crippen LogP contribution in [-0.4, -0.2) is 21.7 Å². The number of fused-ring (bicyclic) bond motifs is 1. The molecule has 5 heteroatoms. The van der Waals surface area contributed by atoms with Gasteiger partial charge in [0.1, 0.15) is 29.4 Å². The number of rotatable bonds is 7. The van der Waals surface area contributed by atoms with Gasteiger partial charge < -0.3 is 15.2 Å². The summed E-state index contributed by atoms with van der Waals surface area (Å²) in [6, 6.07) is 20.9. The number of phenols is 1. The Kier molecular flexibility index (Phi) is 5.61. The SMILES string of the molecule is C=CCOc1cccc(C(Nc2cccc(C)n2)c2ccc3cccnc3c2O)c1. The monoisotopic (exact) mass is 397 g/mol. The number of aromatic nitrogens is 2. The summed E-state index contributed by atoms with van der Waals surface area (Å²) in [6.45, 7) is 6.07. The third kappa shape index (κ3) is 4.10. The molecule has 1 unspecified atom stereocenters. The summed E-state index contributed by atoms with van der Waals surface area (Å²) < 4.78 is 5.72. The van der Waals surface area contributed by atoms with Crippen molar-refractivity contribution in [2.45, 2.75) is 13.0 Å². The topological polar surface area (TPSA) is 67.3 Å². The van der Waals surface area contributed by atoms with Crippen LogP contribution in [-0.2, 0) is 0 Å². The maximum atomic E-state index is 11.1. The molecule has 0 aliphatic heterocycles. The van der Waals surface area contributed by atoms with E-state index >= 15 is 0 Å². The summed E-state index contributed by atoms with van der Waals surface area (Å²) in [5.74, 6) is 1.60. The van der Waals surface area contributed by atoms with Gasteiger partial charge in [0.2, 0.25) is 0 Å². The number of phenolic OH excluding ortho intramolecular Hbond substituents is 1. The van der Waals surface area contributed by atoms with Crippen LogP contribution in [0.2, 0.25) is 0 Å². The van der Waals surface area contributed by atoms with E-state index in [1.165, 1.54) is 0 Å². The van der Waals surface area contributed by atoms with Gasteiger partial charge in [0.15, 0.2) is 0 Å². The predicted octanol–water partition coefficient (Wildman–Crippen LogP) is 5.41. The lowest BCUT2D eigenvalue weighted by Gasteiger charge is -2.22. The zero-order chi connectivity index (χ0) is 20.9. The largest absolute Gasteiger partial charge is 0.505 e. The lowest BCUT2D eigenvalue weighted by Crippen LogP contribution is -2.14. The van der Waals surface area contributed by atoms with E-state index < -0.39 is 0 Å². The van der Waals surface area contributed by atoms with E-state index in [1.807, 2.05) is 73.7 Å². The highest BCUT2D eigenvalue weighted by Gasteiger charge is 2.21. The van der Waals surface area contributed by atoms with Crippen molar-refractivity contribution in [1.29, 1.82) is 0 Å². The molecule has 0 fully saturated rings. The van der Waals surface area contributed by atoms with Crippen LogP contribution < -0.4 is 10.1 Å². The van der Waals surface area contributed by atoms with Crippen molar-refractivity contribution in [2.24, 2.45) is 0 Å². The average molecular weight is 397 g/mol. The molecule has 30 heavy (non-hydrogen) atoms. The minimum atomic E-state index is -0.349. The second-order valence-corrected chi connectivity index (χ2v) is 6.99. The molecular formula is C25H23N3O2. The molecule has 0 radical (unpaired) electrons. The second-order valence-electron chi connectivity index (χ2n) is 6.99.